The number of epoxide rings is 1. The van der Waals surface area contributed by atoms with Crippen LogP contribution < -0.4 is 10.6 Å². The molecule has 0 amide bonds. The van der Waals surface area contributed by atoms with Crippen LogP contribution in [0.2, 0.25) is 0 Å². The fraction of sp³-hybridized carbons (Fsp3) is 0.868. The van der Waals surface area contributed by atoms with Crippen molar-refractivity contribution in [2.45, 2.75) is 339 Å². The number of allylic oxidation sites excluding steroid dienone is 4. The van der Waals surface area contributed by atoms with E-state index in [2.05, 4.69) is 110 Å². The molecule has 0 unspecified atom stereocenters. The van der Waals surface area contributed by atoms with Gasteiger partial charge in [-0.1, -0.05) is 126 Å². The fourth-order valence-electron chi connectivity index (χ4n) is 15.2. The molecule has 20 heteroatoms. The average Bonchev–Trinajstić information content (AvgIpc) is 1.83. The minimum atomic E-state index is -2.62. The van der Waals surface area contributed by atoms with Gasteiger partial charge in [-0.05, 0) is 269 Å². The van der Waals surface area contributed by atoms with E-state index in [0.717, 1.165) is 123 Å². The summed E-state index contributed by atoms with van der Waals surface area (Å²) in [4.78, 5) is 36.0. The second-order valence-corrected chi connectivity index (χ2v) is 35.8. The highest BCUT2D eigenvalue weighted by atomic mass is 32.2. The van der Waals surface area contributed by atoms with Gasteiger partial charge in [0.2, 0.25) is 0 Å². The maximum Gasteiger partial charge on any atom is 0.305 e. The Hall–Kier alpha value is -2.86. The number of aliphatic imine (C=N–C) groups is 2. The minimum Gasteiger partial charge on any atom is -0.482 e. The summed E-state index contributed by atoms with van der Waals surface area (Å²) >= 11 is 2.07. The molecule has 2 N–H and O–H groups in total. The van der Waals surface area contributed by atoms with Crippen LogP contribution in [0.15, 0.2) is 58.6 Å². The Balaban J connectivity index is 0.000000211. The van der Waals surface area contributed by atoms with Crippen molar-refractivity contribution >= 4 is 46.0 Å². The second-order valence-electron chi connectivity index (χ2n) is 32.3. The predicted octanol–water partition coefficient (Wildman–Crippen LogP) is 18.4. The van der Waals surface area contributed by atoms with Crippen molar-refractivity contribution in [2.24, 2.45) is 9.98 Å². The van der Waals surface area contributed by atoms with Crippen molar-refractivity contribution in [1.82, 2.24) is 25.3 Å². The molecule has 19 aliphatic heterocycles. The fourth-order valence-corrected chi connectivity index (χ4v) is 17.7. The van der Waals surface area contributed by atoms with Gasteiger partial charge in [0.05, 0.1) is 62.3 Å². The number of nitrogens with one attached hydrogen (secondary N) is 2. The van der Waals surface area contributed by atoms with Crippen LogP contribution in [0.25, 0.3) is 0 Å². The molecular formula is C91H165N7O11S2. The van der Waals surface area contributed by atoms with Crippen molar-refractivity contribution < 1.29 is 51.2 Å². The number of sulfone groups is 1. The summed E-state index contributed by atoms with van der Waals surface area (Å²) in [6.45, 7) is 25.0. The summed E-state index contributed by atoms with van der Waals surface area (Å²) in [6, 6.07) is 0.988. The molecule has 0 aromatic carbocycles. The van der Waals surface area contributed by atoms with E-state index in [4.69, 9.17) is 18.9 Å². The number of esters is 1. The molecule has 642 valence electrons. The lowest BCUT2D eigenvalue weighted by atomic mass is 9.93. The summed E-state index contributed by atoms with van der Waals surface area (Å²) in [5.41, 5.74) is 0. The number of nitrogens with zero attached hydrogens (tertiary/aromatic N) is 5. The number of cyclic esters (lactones) is 1. The number of hydrogen-bond donors (Lipinski definition) is 2. The highest BCUT2D eigenvalue weighted by Gasteiger charge is 2.32. The molecule has 0 spiro atoms. The van der Waals surface area contributed by atoms with Crippen LogP contribution in [0, 0.1) is 0 Å². The van der Waals surface area contributed by atoms with Crippen molar-refractivity contribution in [1.29, 1.82) is 0 Å². The van der Waals surface area contributed by atoms with E-state index >= 15 is 0 Å². The van der Waals surface area contributed by atoms with Gasteiger partial charge < -0.3 is 48.7 Å². The molecule has 15 saturated heterocycles. The molecule has 23 rings (SSSR count). The Kier molecular flexibility index (Phi) is 64.4. The van der Waals surface area contributed by atoms with Gasteiger partial charge in [0.1, 0.15) is 22.2 Å². The van der Waals surface area contributed by atoms with Crippen LogP contribution in [0.1, 0.15) is 308 Å². The number of piperidine rings is 3. The molecule has 18 nitrogen and oxygen atoms in total. The number of ketones is 1. The number of hydrogen-bond acceptors (Lipinski definition) is 19. The maximum absolute atomic E-state index is 10.9. The standard InChI is InChI=1S/C9H17N.C6H12N2.C6H12O2S.C6H10O.C6H6O.C6H10O.C6H12.C6H10.C5H11N.C5H10O.C5H8.C4H9N.C4H7N.C4H6O2.C4H8O.C4H8S.C3H5NO.C2H4O/c1-3-7-10-8-4-2-6-9(10)5-1;1-2-8-5-3-7(1)4-6-8;7-9(8)5-3-1-2-4-6-9;2*1-2-6-4-3-5(1)7-6;7-6-4-2-1-3-5-6;4*1-2-4-6-5-3-1;3*1-2-4-5-3-1;5-4-2-1-3-6-4;2*1-2-4-5-3-1;1-2-5-3-4-1;1-2-3-1/h9H,1-8H2;1-6H2;1-6H2;5-6H,1-4H2;1-6H;1-5H2;1-6H2;1-2H,3-6H2;6H,1-5H2;1-5H2;1-2H,3-5H2;5H,1-4H2;3H,1-2,4H2;1-3H2;2*1-4H2;3H,1-2H2;1-2H2. The molecule has 0 aromatic rings. The highest BCUT2D eigenvalue weighted by molar-refractivity contribution is 7.99. The first-order valence-corrected chi connectivity index (χ1v) is 49.1. The third kappa shape index (κ3) is 61.2. The van der Waals surface area contributed by atoms with Crippen LogP contribution >= 0.6 is 11.8 Å². The van der Waals surface area contributed by atoms with E-state index in [9.17, 15) is 18.0 Å². The number of carbonyl (C=O) groups is 2. The zero-order valence-electron chi connectivity index (χ0n) is 70.5. The summed E-state index contributed by atoms with van der Waals surface area (Å²) in [6.07, 6.45) is 85.1. The summed E-state index contributed by atoms with van der Waals surface area (Å²) in [5, 5.41) is 6.51. The Labute approximate surface area is 683 Å². The van der Waals surface area contributed by atoms with Gasteiger partial charge in [0, 0.05) is 97.5 Å². The average molecular weight is 1600 g/mol. The third-order valence-electron chi connectivity index (χ3n) is 22.2. The van der Waals surface area contributed by atoms with Crippen LogP contribution in [0.3, 0.4) is 0 Å². The van der Waals surface area contributed by atoms with E-state index in [0.29, 0.717) is 54.7 Å². The Morgan fingerprint density at radius 1 is 0.378 bits per heavy atom. The van der Waals surface area contributed by atoms with Crippen LogP contribution in [-0.2, 0) is 52.6 Å². The smallest absolute Gasteiger partial charge is 0.305 e. The van der Waals surface area contributed by atoms with Crippen LogP contribution in [-0.4, -0.2) is 245 Å². The molecular weight excluding hydrogens is 1430 g/mol. The Morgan fingerprint density at radius 2 is 0.829 bits per heavy atom. The molecule has 2 saturated carbocycles. The van der Waals surface area contributed by atoms with Crippen molar-refractivity contribution in [3.8, 4) is 0 Å². The largest absolute Gasteiger partial charge is 0.482 e. The number of fused-ring (bicyclic) bond motifs is 8. The number of carbonyl (C=O) groups excluding carboxylic acids is 2. The van der Waals surface area contributed by atoms with Gasteiger partial charge in [0.15, 0.2) is 6.40 Å². The van der Waals surface area contributed by atoms with Gasteiger partial charge >= 0.3 is 5.97 Å². The third-order valence-corrected chi connectivity index (χ3v) is 25.2. The van der Waals surface area contributed by atoms with Crippen LogP contribution in [0.5, 0.6) is 0 Å². The topological polar surface area (TPSA) is 195 Å². The lowest BCUT2D eigenvalue weighted by Gasteiger charge is -2.41. The summed E-state index contributed by atoms with van der Waals surface area (Å²) in [7, 11) is -2.62. The van der Waals surface area contributed by atoms with Crippen molar-refractivity contribution in [2.75, 3.05) is 167 Å². The Bertz CT molecular complexity index is 2140. The zero-order chi connectivity index (χ0) is 78.2. The molecule has 0 atom stereocenters. The van der Waals surface area contributed by atoms with Crippen molar-refractivity contribution in [3.05, 3.63) is 48.6 Å². The molecule has 111 heavy (non-hydrogen) atoms. The molecule has 19 heterocycles. The molecule has 17 fully saturated rings. The monoisotopic (exact) mass is 1600 g/mol. The molecule has 0 aromatic heterocycles. The van der Waals surface area contributed by atoms with E-state index in [-0.39, 0.29) is 5.97 Å². The minimum absolute atomic E-state index is 0.0463. The van der Waals surface area contributed by atoms with E-state index < -0.39 is 9.84 Å². The SMILES string of the molecule is C1=CC2C=CC1O2.C1=CCCC1.C1=CCCCC1.C1=NCCC1.C1=NCCO1.C1CC2CCC1O2.C1CCCCC1.C1CCN2CCCCC2C1.C1CCNC1.C1CCNCC1.C1CCOC1.C1CCOCC1.C1CCSC1.C1CN2CCN1CC2.C1CO1.O=C1CCCCC1.O=C1CCCO1.O=S1(=O)CCCCCC1. The lowest BCUT2D eigenvalue weighted by Crippen LogP contribution is -2.55. The highest BCUT2D eigenvalue weighted by Crippen LogP contribution is 2.33. The molecule has 4 aliphatic carbocycles. The van der Waals surface area contributed by atoms with E-state index in [1.54, 1.807) is 0 Å². The summed E-state index contributed by atoms with van der Waals surface area (Å²) in [5.74, 6) is 4.10. The number of Topliss-reactive ketones (excluding diaryl/α,β-unsaturated/α-hetero) is 1. The maximum atomic E-state index is 10.9. The first-order valence-electron chi connectivity index (χ1n) is 46.2. The van der Waals surface area contributed by atoms with Gasteiger partial charge in [-0.2, -0.15) is 11.8 Å². The first-order chi connectivity index (χ1) is 54.8. The molecule has 0 radical (unpaired) electrons. The van der Waals surface area contributed by atoms with Gasteiger partial charge in [-0.25, -0.2) is 8.42 Å². The number of piperazine rings is 3. The van der Waals surface area contributed by atoms with Crippen molar-refractivity contribution in [3.63, 3.8) is 0 Å². The second kappa shape index (κ2) is 72.4. The van der Waals surface area contributed by atoms with Gasteiger partial charge in [0.25, 0.3) is 0 Å². The van der Waals surface area contributed by atoms with E-state index in [1.807, 2.05) is 6.21 Å². The lowest BCUT2D eigenvalue weighted by molar-refractivity contribution is -0.138. The van der Waals surface area contributed by atoms with Gasteiger partial charge in [-0.15, -0.1) is 0 Å². The Morgan fingerprint density at radius 3 is 1.05 bits per heavy atom. The number of thioether (sulfide) groups is 1. The van der Waals surface area contributed by atoms with Gasteiger partial charge in [-0.3, -0.25) is 29.4 Å². The van der Waals surface area contributed by atoms with E-state index in [1.165, 1.54) is 340 Å². The normalized spacial score (nSPS) is 28.1. The summed E-state index contributed by atoms with van der Waals surface area (Å²) < 4.78 is 56.1. The quantitative estimate of drug-likeness (QED) is 0.132. The molecule has 6 bridgehead atoms. The van der Waals surface area contributed by atoms with Crippen LogP contribution in [0.4, 0.5) is 0 Å². The number of rotatable bonds is 0. The predicted molar refractivity (Wildman–Crippen MR) is 467 cm³/mol. The zero-order valence-corrected chi connectivity index (χ0v) is 72.2. The molecule has 23 aliphatic rings. The first kappa shape index (κ1) is 98.7. The number of ether oxygens (including phenoxy) is 7.